The maximum absolute atomic E-state index is 14.4. The van der Waals surface area contributed by atoms with Crippen molar-refractivity contribution in [2.24, 2.45) is 11.8 Å². The van der Waals surface area contributed by atoms with Gasteiger partial charge in [0.05, 0.1) is 0 Å². The SMILES string of the molecule is CCCNC(c1c(F)cccc1Br)C1CCC(CC)CC1. The van der Waals surface area contributed by atoms with E-state index < -0.39 is 0 Å². The number of benzene rings is 1. The summed E-state index contributed by atoms with van der Waals surface area (Å²) in [6, 6.07) is 5.45. The van der Waals surface area contributed by atoms with E-state index in [4.69, 9.17) is 0 Å². The van der Waals surface area contributed by atoms with Gasteiger partial charge in [0.15, 0.2) is 0 Å². The smallest absolute Gasteiger partial charge is 0.129 e. The number of nitrogens with one attached hydrogen (secondary N) is 1. The van der Waals surface area contributed by atoms with Crippen molar-refractivity contribution in [3.05, 3.63) is 34.1 Å². The maximum atomic E-state index is 14.4. The molecule has 1 fully saturated rings. The Hall–Kier alpha value is -0.410. The number of hydrogen-bond acceptors (Lipinski definition) is 1. The van der Waals surface area contributed by atoms with E-state index in [1.807, 2.05) is 6.07 Å². The fourth-order valence-corrected chi connectivity index (χ4v) is 4.13. The molecule has 1 atom stereocenters. The second kappa shape index (κ2) is 8.28. The van der Waals surface area contributed by atoms with Gasteiger partial charge in [-0.05, 0) is 49.8 Å². The maximum Gasteiger partial charge on any atom is 0.129 e. The van der Waals surface area contributed by atoms with Gasteiger partial charge in [-0.2, -0.15) is 0 Å². The summed E-state index contributed by atoms with van der Waals surface area (Å²) in [5.74, 6) is 1.33. The van der Waals surface area contributed by atoms with Crippen LogP contribution in [0.5, 0.6) is 0 Å². The van der Waals surface area contributed by atoms with Crippen molar-refractivity contribution < 1.29 is 4.39 Å². The van der Waals surface area contributed by atoms with Crippen molar-refractivity contribution in [1.29, 1.82) is 0 Å². The Balaban J connectivity index is 2.18. The third-order valence-electron chi connectivity index (χ3n) is 4.87. The standard InChI is InChI=1S/C18H27BrFN/c1-3-12-21-18(14-10-8-13(4-2)9-11-14)17-15(19)6-5-7-16(17)20/h5-7,13-14,18,21H,3-4,8-12H2,1-2H3. The highest BCUT2D eigenvalue weighted by atomic mass is 79.9. The normalized spacial score (nSPS) is 24.0. The van der Waals surface area contributed by atoms with Gasteiger partial charge in [0.1, 0.15) is 5.82 Å². The lowest BCUT2D eigenvalue weighted by Gasteiger charge is -2.35. The largest absolute Gasteiger partial charge is 0.310 e. The molecular weight excluding hydrogens is 329 g/mol. The zero-order valence-corrected chi connectivity index (χ0v) is 14.8. The van der Waals surface area contributed by atoms with Crippen LogP contribution >= 0.6 is 15.9 Å². The highest BCUT2D eigenvalue weighted by molar-refractivity contribution is 9.10. The Kier molecular flexibility index (Phi) is 6.69. The van der Waals surface area contributed by atoms with Crippen LogP contribution in [0.4, 0.5) is 4.39 Å². The lowest BCUT2D eigenvalue weighted by Crippen LogP contribution is -2.32. The van der Waals surface area contributed by atoms with Gasteiger partial charge < -0.3 is 5.32 Å². The van der Waals surface area contributed by atoms with Gasteiger partial charge in [-0.1, -0.05) is 55.1 Å². The summed E-state index contributed by atoms with van der Waals surface area (Å²) in [7, 11) is 0. The Morgan fingerprint density at radius 2 is 1.95 bits per heavy atom. The van der Waals surface area contributed by atoms with Crippen molar-refractivity contribution in [3.8, 4) is 0 Å². The highest BCUT2D eigenvalue weighted by Crippen LogP contribution is 2.40. The molecule has 2 rings (SSSR count). The summed E-state index contributed by atoms with van der Waals surface area (Å²) >= 11 is 3.55. The molecule has 118 valence electrons. The molecule has 1 aromatic carbocycles. The van der Waals surface area contributed by atoms with E-state index >= 15 is 0 Å². The van der Waals surface area contributed by atoms with E-state index in [0.29, 0.717) is 5.92 Å². The molecule has 0 radical (unpaired) electrons. The molecule has 0 heterocycles. The molecule has 1 aliphatic carbocycles. The molecule has 0 aliphatic heterocycles. The third kappa shape index (κ3) is 4.29. The molecule has 1 nitrogen and oxygen atoms in total. The van der Waals surface area contributed by atoms with Gasteiger partial charge in [0.2, 0.25) is 0 Å². The monoisotopic (exact) mass is 355 g/mol. The van der Waals surface area contributed by atoms with Gasteiger partial charge >= 0.3 is 0 Å². The van der Waals surface area contributed by atoms with E-state index in [2.05, 4.69) is 35.1 Å². The number of hydrogen-bond donors (Lipinski definition) is 1. The van der Waals surface area contributed by atoms with E-state index in [1.165, 1.54) is 32.1 Å². The first kappa shape index (κ1) is 17.0. The molecule has 0 saturated heterocycles. The van der Waals surface area contributed by atoms with Crippen LogP contribution in [-0.4, -0.2) is 6.54 Å². The molecule has 1 aromatic rings. The van der Waals surface area contributed by atoms with Crippen LogP contribution in [0.3, 0.4) is 0 Å². The van der Waals surface area contributed by atoms with Crippen molar-refractivity contribution in [2.45, 2.75) is 58.4 Å². The van der Waals surface area contributed by atoms with Crippen LogP contribution in [0.15, 0.2) is 22.7 Å². The van der Waals surface area contributed by atoms with E-state index in [1.54, 1.807) is 12.1 Å². The van der Waals surface area contributed by atoms with Crippen LogP contribution in [0.2, 0.25) is 0 Å². The Bertz CT molecular complexity index is 421. The van der Waals surface area contributed by atoms with E-state index in [-0.39, 0.29) is 11.9 Å². The summed E-state index contributed by atoms with van der Waals surface area (Å²) < 4.78 is 15.3. The molecule has 0 spiro atoms. The zero-order valence-electron chi connectivity index (χ0n) is 13.2. The predicted octanol–water partition coefficient (Wildman–Crippen LogP) is 5.85. The van der Waals surface area contributed by atoms with Crippen LogP contribution in [0.25, 0.3) is 0 Å². The van der Waals surface area contributed by atoms with Crippen molar-refractivity contribution >= 4 is 15.9 Å². The minimum atomic E-state index is -0.0874. The van der Waals surface area contributed by atoms with Crippen molar-refractivity contribution in [2.75, 3.05) is 6.54 Å². The summed E-state index contributed by atoms with van der Waals surface area (Å²) in [6.07, 6.45) is 7.35. The molecule has 3 heteroatoms. The minimum Gasteiger partial charge on any atom is -0.310 e. The fourth-order valence-electron chi connectivity index (χ4n) is 3.54. The van der Waals surface area contributed by atoms with Crippen LogP contribution < -0.4 is 5.32 Å². The molecule has 0 bridgehead atoms. The second-order valence-electron chi connectivity index (χ2n) is 6.26. The third-order valence-corrected chi connectivity index (χ3v) is 5.56. The topological polar surface area (TPSA) is 12.0 Å². The first-order valence-corrected chi connectivity index (χ1v) is 9.13. The minimum absolute atomic E-state index is 0.0874. The average Bonchev–Trinajstić information content (AvgIpc) is 2.50. The second-order valence-corrected chi connectivity index (χ2v) is 7.11. The number of rotatable bonds is 6. The first-order chi connectivity index (χ1) is 10.2. The molecule has 0 amide bonds. The predicted molar refractivity (Wildman–Crippen MR) is 90.9 cm³/mol. The van der Waals surface area contributed by atoms with Crippen molar-refractivity contribution in [1.82, 2.24) is 5.32 Å². The quantitative estimate of drug-likeness (QED) is 0.675. The molecule has 1 N–H and O–H groups in total. The molecule has 1 aliphatic rings. The van der Waals surface area contributed by atoms with Gasteiger partial charge in [-0.15, -0.1) is 0 Å². The first-order valence-electron chi connectivity index (χ1n) is 8.34. The van der Waals surface area contributed by atoms with Gasteiger partial charge in [0.25, 0.3) is 0 Å². The van der Waals surface area contributed by atoms with Gasteiger partial charge in [-0.3, -0.25) is 0 Å². The Labute approximate surface area is 136 Å². The summed E-state index contributed by atoms with van der Waals surface area (Å²) in [5, 5.41) is 3.60. The zero-order chi connectivity index (χ0) is 15.2. The molecule has 1 unspecified atom stereocenters. The molecular formula is C18H27BrFN. The van der Waals surface area contributed by atoms with Crippen LogP contribution in [0, 0.1) is 17.7 Å². The molecule has 21 heavy (non-hydrogen) atoms. The lowest BCUT2D eigenvalue weighted by atomic mass is 9.76. The Morgan fingerprint density at radius 3 is 2.52 bits per heavy atom. The lowest BCUT2D eigenvalue weighted by molar-refractivity contribution is 0.215. The summed E-state index contributed by atoms with van der Waals surface area (Å²) in [5.41, 5.74) is 0.825. The van der Waals surface area contributed by atoms with Crippen LogP contribution in [-0.2, 0) is 0 Å². The van der Waals surface area contributed by atoms with Gasteiger partial charge in [0, 0.05) is 16.1 Å². The van der Waals surface area contributed by atoms with E-state index in [0.717, 1.165) is 28.9 Å². The summed E-state index contributed by atoms with van der Waals surface area (Å²) in [4.78, 5) is 0. The molecule has 0 aromatic heterocycles. The fraction of sp³-hybridized carbons (Fsp3) is 0.667. The van der Waals surface area contributed by atoms with Gasteiger partial charge in [-0.25, -0.2) is 4.39 Å². The molecule has 1 saturated carbocycles. The Morgan fingerprint density at radius 1 is 1.24 bits per heavy atom. The van der Waals surface area contributed by atoms with Crippen molar-refractivity contribution in [3.63, 3.8) is 0 Å². The summed E-state index contributed by atoms with van der Waals surface area (Å²) in [6.45, 7) is 5.39. The number of halogens is 2. The highest BCUT2D eigenvalue weighted by Gasteiger charge is 2.30. The average molecular weight is 356 g/mol. The van der Waals surface area contributed by atoms with E-state index in [9.17, 15) is 4.39 Å². The van der Waals surface area contributed by atoms with Crippen LogP contribution in [0.1, 0.15) is 64.0 Å².